The topological polar surface area (TPSA) is 60.8 Å². The Bertz CT molecular complexity index is 544. The Balaban J connectivity index is 2.09. The smallest absolute Gasteiger partial charge is 0.253 e. The van der Waals surface area contributed by atoms with Crippen molar-refractivity contribution in [2.24, 2.45) is 5.92 Å². The van der Waals surface area contributed by atoms with Crippen LogP contribution in [0.5, 0.6) is 0 Å². The number of hydrogen-bond donors (Lipinski definition) is 2. The van der Waals surface area contributed by atoms with E-state index in [1.807, 2.05) is 17.0 Å². The number of benzene rings is 1. The first-order valence-electron chi connectivity index (χ1n) is 7.34. The van der Waals surface area contributed by atoms with Crippen LogP contribution < -0.4 is 0 Å². The van der Waals surface area contributed by atoms with E-state index in [0.717, 1.165) is 24.9 Å². The van der Waals surface area contributed by atoms with E-state index in [4.69, 9.17) is 5.11 Å². The fourth-order valence-corrected chi connectivity index (χ4v) is 2.53. The van der Waals surface area contributed by atoms with Crippen LogP contribution in [0, 0.1) is 17.8 Å². The summed E-state index contributed by atoms with van der Waals surface area (Å²) in [4.78, 5) is 14.3. The molecule has 1 aliphatic heterocycles. The lowest BCUT2D eigenvalue weighted by atomic mass is 9.98. The first kappa shape index (κ1) is 15.6. The maximum absolute atomic E-state index is 12.5. The van der Waals surface area contributed by atoms with Crippen LogP contribution in [0.15, 0.2) is 24.3 Å². The summed E-state index contributed by atoms with van der Waals surface area (Å²) in [5, 5.41) is 18.0. The lowest BCUT2D eigenvalue weighted by Gasteiger charge is -2.31. The monoisotopic (exact) mass is 287 g/mol. The molecule has 0 saturated carbocycles. The molecular weight excluding hydrogens is 266 g/mol. The average molecular weight is 287 g/mol. The molecule has 0 spiro atoms. The molecule has 0 aliphatic carbocycles. The van der Waals surface area contributed by atoms with Crippen LogP contribution in [0.4, 0.5) is 0 Å². The van der Waals surface area contributed by atoms with E-state index in [1.54, 1.807) is 12.1 Å². The minimum Gasteiger partial charge on any atom is -0.396 e. The predicted octanol–water partition coefficient (Wildman–Crippen LogP) is 1.27. The fraction of sp³-hybridized carbons (Fsp3) is 0.471. The molecule has 0 aromatic heterocycles. The number of aliphatic hydroxyl groups excluding tert-OH is 2. The van der Waals surface area contributed by atoms with Crippen molar-refractivity contribution in [1.29, 1.82) is 0 Å². The maximum atomic E-state index is 12.5. The summed E-state index contributed by atoms with van der Waals surface area (Å²) in [6, 6.07) is 7.26. The summed E-state index contributed by atoms with van der Waals surface area (Å²) in [6.07, 6.45) is 2.35. The largest absolute Gasteiger partial charge is 0.396 e. The van der Waals surface area contributed by atoms with Crippen LogP contribution in [0.25, 0.3) is 0 Å². The molecule has 1 heterocycles. The fourth-order valence-electron chi connectivity index (χ4n) is 2.53. The van der Waals surface area contributed by atoms with Gasteiger partial charge >= 0.3 is 0 Å². The lowest BCUT2D eigenvalue weighted by Crippen LogP contribution is -2.40. The minimum absolute atomic E-state index is 0.000965. The van der Waals surface area contributed by atoms with E-state index in [9.17, 15) is 9.90 Å². The summed E-state index contributed by atoms with van der Waals surface area (Å²) in [5.74, 6) is 5.99. The van der Waals surface area contributed by atoms with Gasteiger partial charge in [-0.2, -0.15) is 0 Å². The molecule has 1 aliphatic rings. The molecule has 1 aromatic rings. The quantitative estimate of drug-likeness (QED) is 0.823. The zero-order valence-electron chi connectivity index (χ0n) is 12.1. The van der Waals surface area contributed by atoms with Gasteiger partial charge in [0.15, 0.2) is 0 Å². The second-order valence-electron chi connectivity index (χ2n) is 5.30. The lowest BCUT2D eigenvalue weighted by molar-refractivity contribution is 0.0620. The van der Waals surface area contributed by atoms with Gasteiger partial charge in [-0.3, -0.25) is 4.79 Å². The molecule has 1 atom stereocenters. The molecular formula is C17H21NO3. The second kappa shape index (κ2) is 7.82. The Morgan fingerprint density at radius 3 is 3.00 bits per heavy atom. The average Bonchev–Trinajstić information content (AvgIpc) is 2.55. The number of nitrogens with zero attached hydrogens (tertiary/aromatic N) is 1. The van der Waals surface area contributed by atoms with Crippen molar-refractivity contribution in [1.82, 2.24) is 4.90 Å². The molecule has 21 heavy (non-hydrogen) atoms. The van der Waals surface area contributed by atoms with Crippen molar-refractivity contribution in [2.75, 3.05) is 26.3 Å². The highest BCUT2D eigenvalue weighted by molar-refractivity contribution is 5.94. The molecule has 1 aromatic carbocycles. The van der Waals surface area contributed by atoms with Crippen molar-refractivity contribution < 1.29 is 15.0 Å². The molecule has 112 valence electrons. The van der Waals surface area contributed by atoms with Gasteiger partial charge in [-0.1, -0.05) is 17.9 Å². The summed E-state index contributed by atoms with van der Waals surface area (Å²) in [6.45, 7) is 1.55. The number of hydrogen-bond acceptors (Lipinski definition) is 3. The molecule has 1 amide bonds. The summed E-state index contributed by atoms with van der Waals surface area (Å²) < 4.78 is 0. The summed E-state index contributed by atoms with van der Waals surface area (Å²) in [7, 11) is 0. The number of aliphatic hydroxyl groups is 2. The number of piperidine rings is 1. The highest BCUT2D eigenvalue weighted by atomic mass is 16.3. The van der Waals surface area contributed by atoms with Crippen LogP contribution in [0.1, 0.15) is 35.2 Å². The van der Waals surface area contributed by atoms with Crippen LogP contribution in [-0.2, 0) is 0 Å². The van der Waals surface area contributed by atoms with Gasteiger partial charge in [-0.15, -0.1) is 0 Å². The van der Waals surface area contributed by atoms with Crippen LogP contribution in [0.2, 0.25) is 0 Å². The van der Waals surface area contributed by atoms with E-state index in [-0.39, 0.29) is 25.0 Å². The third kappa shape index (κ3) is 4.32. The molecule has 4 nitrogen and oxygen atoms in total. The molecule has 4 heteroatoms. The van der Waals surface area contributed by atoms with E-state index >= 15 is 0 Å². The number of amides is 1. The Morgan fingerprint density at radius 2 is 2.24 bits per heavy atom. The van der Waals surface area contributed by atoms with E-state index in [1.165, 1.54) is 0 Å². The van der Waals surface area contributed by atoms with Gasteiger partial charge in [0, 0.05) is 37.2 Å². The van der Waals surface area contributed by atoms with Crippen molar-refractivity contribution in [2.45, 2.75) is 19.3 Å². The van der Waals surface area contributed by atoms with Crippen molar-refractivity contribution in [3.05, 3.63) is 35.4 Å². The molecule has 2 rings (SSSR count). The molecule has 1 fully saturated rings. The molecule has 0 radical (unpaired) electrons. The van der Waals surface area contributed by atoms with Crippen molar-refractivity contribution in [3.8, 4) is 11.8 Å². The summed E-state index contributed by atoms with van der Waals surface area (Å²) in [5.41, 5.74) is 1.41. The third-order valence-corrected chi connectivity index (χ3v) is 3.64. The first-order chi connectivity index (χ1) is 10.2. The maximum Gasteiger partial charge on any atom is 0.253 e. The Kier molecular flexibility index (Phi) is 5.79. The van der Waals surface area contributed by atoms with Gasteiger partial charge in [0.05, 0.1) is 6.61 Å². The zero-order valence-corrected chi connectivity index (χ0v) is 12.1. The Labute approximate surface area is 125 Å². The number of likely N-dealkylation sites (tertiary alicyclic amines) is 1. The minimum atomic E-state index is -0.000965. The SMILES string of the molecule is O=C(c1cccc(C#CCCO)c1)N1CCCC(CO)C1. The molecule has 2 N–H and O–H groups in total. The van der Waals surface area contributed by atoms with E-state index in [0.29, 0.717) is 18.5 Å². The highest BCUT2D eigenvalue weighted by Gasteiger charge is 2.23. The van der Waals surface area contributed by atoms with Crippen LogP contribution in [-0.4, -0.2) is 47.3 Å². The zero-order chi connectivity index (χ0) is 15.1. The Hall–Kier alpha value is -1.83. The normalized spacial score (nSPS) is 18.0. The van der Waals surface area contributed by atoms with E-state index < -0.39 is 0 Å². The van der Waals surface area contributed by atoms with Gasteiger partial charge in [0.1, 0.15) is 0 Å². The third-order valence-electron chi connectivity index (χ3n) is 3.64. The van der Waals surface area contributed by atoms with Crippen LogP contribution in [0.3, 0.4) is 0 Å². The van der Waals surface area contributed by atoms with Gasteiger partial charge < -0.3 is 15.1 Å². The van der Waals surface area contributed by atoms with Gasteiger partial charge in [0.2, 0.25) is 0 Å². The van der Waals surface area contributed by atoms with Crippen molar-refractivity contribution >= 4 is 5.91 Å². The molecule has 1 unspecified atom stereocenters. The second-order valence-corrected chi connectivity index (χ2v) is 5.30. The summed E-state index contributed by atoms with van der Waals surface area (Å²) >= 11 is 0. The standard InChI is InChI=1S/C17H21NO3/c19-10-2-1-5-14-6-3-8-16(11-14)17(21)18-9-4-7-15(12-18)13-20/h3,6,8,11,15,19-20H,2,4,7,9-10,12-13H2. The number of carbonyl (C=O) groups excluding carboxylic acids is 1. The first-order valence-corrected chi connectivity index (χ1v) is 7.34. The molecule has 1 saturated heterocycles. The van der Waals surface area contributed by atoms with Gasteiger partial charge in [-0.05, 0) is 37.0 Å². The van der Waals surface area contributed by atoms with Crippen LogP contribution >= 0.6 is 0 Å². The number of rotatable bonds is 3. The predicted molar refractivity (Wildman–Crippen MR) is 80.7 cm³/mol. The van der Waals surface area contributed by atoms with Gasteiger partial charge in [0.25, 0.3) is 5.91 Å². The van der Waals surface area contributed by atoms with E-state index in [2.05, 4.69) is 11.8 Å². The highest BCUT2D eigenvalue weighted by Crippen LogP contribution is 2.18. The molecule has 0 bridgehead atoms. The number of carbonyl (C=O) groups is 1. The Morgan fingerprint density at radius 1 is 1.38 bits per heavy atom. The van der Waals surface area contributed by atoms with Gasteiger partial charge in [-0.25, -0.2) is 0 Å². The van der Waals surface area contributed by atoms with Crippen molar-refractivity contribution in [3.63, 3.8) is 0 Å².